The maximum atomic E-state index is 12.4. The van der Waals surface area contributed by atoms with E-state index in [0.717, 1.165) is 45.1 Å². The normalized spacial score (nSPS) is 15.2. The van der Waals surface area contributed by atoms with E-state index < -0.39 is 18.6 Å². The number of halogens is 4. The largest absolute Gasteiger partial charge is 0.406 e. The molecule has 1 aromatic rings. The minimum Gasteiger partial charge on any atom is -0.343 e. The van der Waals surface area contributed by atoms with Crippen molar-refractivity contribution < 1.29 is 18.0 Å². The molecule has 146 valence electrons. The van der Waals surface area contributed by atoms with Gasteiger partial charge >= 0.3 is 6.18 Å². The molecule has 0 radical (unpaired) electrons. The van der Waals surface area contributed by atoms with Crippen molar-refractivity contribution in [1.29, 1.82) is 0 Å². The maximum absolute atomic E-state index is 12.4. The Bertz CT molecular complexity index is 589. The van der Waals surface area contributed by atoms with E-state index >= 15 is 0 Å². The standard InChI is InChI=1S/C17H23F3N4O.HI/c1-23(13-17(18,19)20)15(25)12-21-16(24-10-6-3-7-11-24)22-14-8-4-2-5-9-14;/h2,4-5,8-9H,3,6-7,10-13H2,1H3,(H,21,22);1H. The molecule has 0 atom stereocenters. The Balaban J connectivity index is 0.00000338. The first-order valence-electron chi connectivity index (χ1n) is 8.27. The number of carbonyl (C=O) groups excluding carboxylic acids is 1. The Morgan fingerprint density at radius 2 is 1.81 bits per heavy atom. The van der Waals surface area contributed by atoms with Gasteiger partial charge in [0.2, 0.25) is 5.91 Å². The first kappa shape index (κ1) is 22.5. The average Bonchev–Trinajstić information content (AvgIpc) is 2.58. The average molecular weight is 484 g/mol. The van der Waals surface area contributed by atoms with Crippen LogP contribution in [0.2, 0.25) is 0 Å². The zero-order valence-electron chi connectivity index (χ0n) is 14.6. The second-order valence-electron chi connectivity index (χ2n) is 6.04. The van der Waals surface area contributed by atoms with E-state index in [4.69, 9.17) is 0 Å². The van der Waals surface area contributed by atoms with Crippen LogP contribution in [0.1, 0.15) is 19.3 Å². The Morgan fingerprint density at radius 3 is 2.38 bits per heavy atom. The molecule has 0 spiro atoms. The number of carbonyl (C=O) groups is 1. The summed E-state index contributed by atoms with van der Waals surface area (Å²) in [5, 5.41) is 3.17. The molecule has 1 heterocycles. The van der Waals surface area contributed by atoms with Crippen LogP contribution in [0.3, 0.4) is 0 Å². The first-order chi connectivity index (χ1) is 11.8. The van der Waals surface area contributed by atoms with Crippen LogP contribution in [0, 0.1) is 0 Å². The van der Waals surface area contributed by atoms with Crippen LogP contribution in [0.15, 0.2) is 35.3 Å². The number of benzene rings is 1. The fraction of sp³-hybridized carbons (Fsp3) is 0.529. The van der Waals surface area contributed by atoms with Gasteiger partial charge in [0, 0.05) is 25.8 Å². The number of nitrogens with one attached hydrogen (secondary N) is 1. The quantitative estimate of drug-likeness (QED) is 0.404. The molecule has 9 heteroatoms. The summed E-state index contributed by atoms with van der Waals surface area (Å²) in [4.78, 5) is 18.9. The van der Waals surface area contributed by atoms with Crippen molar-refractivity contribution in [3.63, 3.8) is 0 Å². The Kier molecular flexibility index (Phi) is 9.17. The molecule has 1 aliphatic rings. The number of nitrogens with zero attached hydrogens (tertiary/aromatic N) is 3. The van der Waals surface area contributed by atoms with Crippen molar-refractivity contribution in [3.8, 4) is 0 Å². The van der Waals surface area contributed by atoms with Gasteiger partial charge in [-0.2, -0.15) is 13.2 Å². The zero-order valence-corrected chi connectivity index (χ0v) is 17.0. The molecule has 26 heavy (non-hydrogen) atoms. The van der Waals surface area contributed by atoms with E-state index in [9.17, 15) is 18.0 Å². The molecule has 1 N–H and O–H groups in total. The van der Waals surface area contributed by atoms with Gasteiger partial charge in [0.05, 0.1) is 0 Å². The number of piperidine rings is 1. The first-order valence-corrected chi connectivity index (χ1v) is 8.27. The minimum absolute atomic E-state index is 0. The van der Waals surface area contributed by atoms with Crippen molar-refractivity contribution in [3.05, 3.63) is 30.3 Å². The molecule has 1 saturated heterocycles. The lowest BCUT2D eigenvalue weighted by atomic mass is 10.1. The molecule has 0 aromatic heterocycles. The highest BCUT2D eigenvalue weighted by atomic mass is 127. The van der Waals surface area contributed by atoms with Crippen LogP contribution in [-0.2, 0) is 4.79 Å². The predicted molar refractivity (Wildman–Crippen MR) is 107 cm³/mol. The number of hydrogen-bond acceptors (Lipinski definition) is 2. The van der Waals surface area contributed by atoms with Crippen LogP contribution in [-0.4, -0.2) is 61.1 Å². The Labute approximate surface area is 168 Å². The third-order valence-corrected chi connectivity index (χ3v) is 3.89. The number of amides is 1. The number of likely N-dealkylation sites (N-methyl/N-ethyl adjacent to an activating group) is 1. The summed E-state index contributed by atoms with van der Waals surface area (Å²) < 4.78 is 37.2. The fourth-order valence-corrected chi connectivity index (χ4v) is 2.60. The minimum atomic E-state index is -4.41. The highest BCUT2D eigenvalue weighted by Gasteiger charge is 2.31. The summed E-state index contributed by atoms with van der Waals surface area (Å²) in [5.41, 5.74) is 0.822. The summed E-state index contributed by atoms with van der Waals surface area (Å²) in [6.45, 7) is 0.0290. The molecular weight excluding hydrogens is 460 g/mol. The number of likely N-dealkylation sites (tertiary alicyclic amines) is 1. The summed E-state index contributed by atoms with van der Waals surface area (Å²) >= 11 is 0. The van der Waals surface area contributed by atoms with Crippen molar-refractivity contribution in [2.24, 2.45) is 4.99 Å². The van der Waals surface area contributed by atoms with Gasteiger partial charge in [0.25, 0.3) is 0 Å². The third kappa shape index (κ3) is 7.79. The number of anilines is 1. The van der Waals surface area contributed by atoms with E-state index in [2.05, 4.69) is 10.3 Å². The van der Waals surface area contributed by atoms with Crippen LogP contribution in [0.4, 0.5) is 18.9 Å². The molecule has 2 rings (SSSR count). The maximum Gasteiger partial charge on any atom is 0.406 e. The lowest BCUT2D eigenvalue weighted by Gasteiger charge is -2.30. The lowest BCUT2D eigenvalue weighted by Crippen LogP contribution is -2.41. The Morgan fingerprint density at radius 1 is 1.19 bits per heavy atom. The van der Waals surface area contributed by atoms with Gasteiger partial charge in [0.1, 0.15) is 13.1 Å². The SMILES string of the molecule is CN(CC(F)(F)F)C(=O)CN=C(Nc1ccccc1)N1CCCCC1.I. The number of rotatable bonds is 4. The van der Waals surface area contributed by atoms with Gasteiger partial charge in [-0.3, -0.25) is 4.79 Å². The van der Waals surface area contributed by atoms with Crippen molar-refractivity contribution in [2.45, 2.75) is 25.4 Å². The van der Waals surface area contributed by atoms with Gasteiger partial charge in [0.15, 0.2) is 5.96 Å². The van der Waals surface area contributed by atoms with E-state index in [1.54, 1.807) is 0 Å². The third-order valence-electron chi connectivity index (χ3n) is 3.89. The second-order valence-corrected chi connectivity index (χ2v) is 6.04. The highest BCUT2D eigenvalue weighted by Crippen LogP contribution is 2.16. The van der Waals surface area contributed by atoms with Gasteiger partial charge in [-0.05, 0) is 31.4 Å². The smallest absolute Gasteiger partial charge is 0.343 e. The van der Waals surface area contributed by atoms with Gasteiger partial charge in [-0.1, -0.05) is 18.2 Å². The topological polar surface area (TPSA) is 47.9 Å². The van der Waals surface area contributed by atoms with Gasteiger partial charge in [-0.15, -0.1) is 24.0 Å². The predicted octanol–water partition coefficient (Wildman–Crippen LogP) is 3.58. The van der Waals surface area contributed by atoms with Crippen LogP contribution in [0.25, 0.3) is 0 Å². The number of para-hydroxylation sites is 1. The number of alkyl halides is 3. The lowest BCUT2D eigenvalue weighted by molar-refractivity contribution is -0.157. The van der Waals surface area contributed by atoms with Crippen molar-refractivity contribution >= 4 is 41.5 Å². The number of aliphatic imine (C=N–C) groups is 1. The van der Waals surface area contributed by atoms with E-state index in [1.165, 1.54) is 0 Å². The monoisotopic (exact) mass is 484 g/mol. The van der Waals surface area contributed by atoms with Crippen LogP contribution < -0.4 is 5.32 Å². The molecule has 1 aromatic carbocycles. The van der Waals surface area contributed by atoms with Crippen LogP contribution in [0.5, 0.6) is 0 Å². The summed E-state index contributed by atoms with van der Waals surface area (Å²) in [7, 11) is 1.14. The fourth-order valence-electron chi connectivity index (χ4n) is 2.60. The summed E-state index contributed by atoms with van der Waals surface area (Å²) in [6.07, 6.45) is -1.22. The second kappa shape index (κ2) is 10.6. The number of guanidine groups is 1. The molecule has 0 unspecified atom stereocenters. The van der Waals surface area contributed by atoms with Gasteiger partial charge < -0.3 is 15.1 Å². The van der Waals surface area contributed by atoms with Crippen LogP contribution >= 0.6 is 24.0 Å². The van der Waals surface area contributed by atoms with Crippen molar-refractivity contribution in [2.75, 3.05) is 38.5 Å². The number of hydrogen-bond donors (Lipinski definition) is 1. The zero-order chi connectivity index (χ0) is 18.3. The van der Waals surface area contributed by atoms with E-state index in [-0.39, 0.29) is 30.5 Å². The molecule has 5 nitrogen and oxygen atoms in total. The molecule has 1 amide bonds. The summed E-state index contributed by atoms with van der Waals surface area (Å²) in [6, 6.07) is 9.38. The van der Waals surface area contributed by atoms with Gasteiger partial charge in [-0.25, -0.2) is 4.99 Å². The summed E-state index contributed by atoms with van der Waals surface area (Å²) in [5.74, 6) is -0.138. The van der Waals surface area contributed by atoms with E-state index in [1.807, 2.05) is 35.2 Å². The molecule has 1 fully saturated rings. The van der Waals surface area contributed by atoms with E-state index in [0.29, 0.717) is 10.9 Å². The Hall–Kier alpha value is -1.52. The molecule has 0 saturated carbocycles. The molecule has 0 bridgehead atoms. The highest BCUT2D eigenvalue weighted by molar-refractivity contribution is 14.0. The molecule has 1 aliphatic heterocycles. The molecular formula is C17H24F3IN4O. The molecule has 0 aliphatic carbocycles. The van der Waals surface area contributed by atoms with Crippen molar-refractivity contribution in [1.82, 2.24) is 9.80 Å².